The number of ether oxygens (including phenoxy) is 1. The molecule has 0 radical (unpaired) electrons. The van der Waals surface area contributed by atoms with Gasteiger partial charge in [-0.1, -0.05) is 49.9 Å². The van der Waals surface area contributed by atoms with Crippen LogP contribution in [0.3, 0.4) is 0 Å². The van der Waals surface area contributed by atoms with E-state index in [1.165, 1.54) is 49.7 Å². The van der Waals surface area contributed by atoms with E-state index in [0.717, 1.165) is 0 Å². The molecule has 0 aliphatic heterocycles. The van der Waals surface area contributed by atoms with Crippen LogP contribution in [0.25, 0.3) is 0 Å². The van der Waals surface area contributed by atoms with Crippen LogP contribution in [0.1, 0.15) is 55.7 Å². The van der Waals surface area contributed by atoms with Crippen LogP contribution in [-0.4, -0.2) is 31.6 Å². The van der Waals surface area contributed by atoms with Crippen LogP contribution in [0.5, 0.6) is 0 Å². The Bertz CT molecular complexity index is 396. The zero-order chi connectivity index (χ0) is 15.1. The first kappa shape index (κ1) is 16.5. The van der Waals surface area contributed by atoms with Crippen molar-refractivity contribution in [2.24, 2.45) is 5.73 Å². The van der Waals surface area contributed by atoms with Crippen molar-refractivity contribution in [2.45, 2.75) is 57.2 Å². The lowest BCUT2D eigenvalue weighted by molar-refractivity contribution is 0.161. The summed E-state index contributed by atoms with van der Waals surface area (Å²) in [6.07, 6.45) is 8.13. The molecule has 1 aromatic rings. The number of hydrogen-bond acceptors (Lipinski definition) is 3. The molecular formula is C18H30N2O. The second-order valence-electron chi connectivity index (χ2n) is 6.24. The third kappa shape index (κ3) is 4.53. The van der Waals surface area contributed by atoms with Crippen molar-refractivity contribution in [1.29, 1.82) is 0 Å². The third-order valence-corrected chi connectivity index (χ3v) is 4.79. The minimum atomic E-state index is 0.324. The molecule has 2 N–H and O–H groups in total. The molecule has 3 nitrogen and oxygen atoms in total. The van der Waals surface area contributed by atoms with E-state index in [9.17, 15) is 0 Å². The van der Waals surface area contributed by atoms with Gasteiger partial charge in [0.05, 0.1) is 6.61 Å². The Morgan fingerprint density at radius 1 is 1.14 bits per heavy atom. The van der Waals surface area contributed by atoms with Crippen molar-refractivity contribution in [3.8, 4) is 0 Å². The fourth-order valence-corrected chi connectivity index (χ4v) is 3.46. The minimum absolute atomic E-state index is 0.324. The lowest BCUT2D eigenvalue weighted by Gasteiger charge is -2.34. The summed E-state index contributed by atoms with van der Waals surface area (Å²) in [6.45, 7) is 1.35. The molecule has 3 heteroatoms. The minimum Gasteiger partial charge on any atom is -0.380 e. The van der Waals surface area contributed by atoms with E-state index in [4.69, 9.17) is 10.5 Å². The second-order valence-corrected chi connectivity index (χ2v) is 6.24. The fourth-order valence-electron chi connectivity index (χ4n) is 3.46. The van der Waals surface area contributed by atoms with Gasteiger partial charge in [-0.2, -0.15) is 0 Å². The summed E-state index contributed by atoms with van der Waals surface area (Å²) in [4.78, 5) is 2.51. The van der Waals surface area contributed by atoms with E-state index >= 15 is 0 Å². The molecule has 1 fully saturated rings. The van der Waals surface area contributed by atoms with Gasteiger partial charge in [0.25, 0.3) is 0 Å². The van der Waals surface area contributed by atoms with Crippen LogP contribution in [0.15, 0.2) is 24.3 Å². The first-order valence-corrected chi connectivity index (χ1v) is 8.26. The van der Waals surface area contributed by atoms with E-state index < -0.39 is 0 Å². The smallest absolute Gasteiger partial charge is 0.0713 e. The van der Waals surface area contributed by atoms with Crippen LogP contribution in [0.2, 0.25) is 0 Å². The lowest BCUT2D eigenvalue weighted by Crippen LogP contribution is -2.38. The summed E-state index contributed by atoms with van der Waals surface area (Å²) in [5, 5.41) is 0. The van der Waals surface area contributed by atoms with E-state index in [-0.39, 0.29) is 0 Å². The van der Waals surface area contributed by atoms with Crippen LogP contribution in [-0.2, 0) is 11.3 Å². The molecule has 2 rings (SSSR count). The second kappa shape index (κ2) is 8.52. The standard InChI is InChI=1S/C18H30N2O/c1-20(17-7-5-3-4-6-8-17)18(13-19)16-11-9-15(10-12-16)14-21-2/h9-12,17-18H,3-8,13-14,19H2,1-2H3. The van der Waals surface area contributed by atoms with Gasteiger partial charge < -0.3 is 10.5 Å². The van der Waals surface area contributed by atoms with Gasteiger partial charge in [-0.15, -0.1) is 0 Å². The molecule has 1 unspecified atom stereocenters. The maximum atomic E-state index is 6.08. The Hall–Kier alpha value is -0.900. The molecule has 21 heavy (non-hydrogen) atoms. The molecule has 1 aromatic carbocycles. The van der Waals surface area contributed by atoms with Crippen LogP contribution in [0, 0.1) is 0 Å². The Morgan fingerprint density at radius 3 is 2.29 bits per heavy atom. The Balaban J connectivity index is 2.06. The third-order valence-electron chi connectivity index (χ3n) is 4.79. The van der Waals surface area contributed by atoms with Crippen molar-refractivity contribution < 1.29 is 4.74 Å². The molecule has 1 saturated carbocycles. The average molecular weight is 290 g/mol. The number of benzene rings is 1. The highest BCUT2D eigenvalue weighted by molar-refractivity contribution is 5.25. The topological polar surface area (TPSA) is 38.5 Å². The monoisotopic (exact) mass is 290 g/mol. The van der Waals surface area contributed by atoms with Gasteiger partial charge in [0, 0.05) is 25.7 Å². The summed E-state index contributed by atoms with van der Waals surface area (Å²) in [5.74, 6) is 0. The SMILES string of the molecule is COCc1ccc(C(CN)N(C)C2CCCCCC2)cc1. The van der Waals surface area contributed by atoms with Crippen molar-refractivity contribution in [3.63, 3.8) is 0 Å². The number of methoxy groups -OCH3 is 1. The Labute approximate surface area is 129 Å². The number of nitrogens with two attached hydrogens (primary N) is 1. The van der Waals surface area contributed by atoms with Gasteiger partial charge in [0.1, 0.15) is 0 Å². The molecule has 0 heterocycles. The largest absolute Gasteiger partial charge is 0.380 e. The summed E-state index contributed by atoms with van der Waals surface area (Å²) in [5.41, 5.74) is 8.62. The highest BCUT2D eigenvalue weighted by atomic mass is 16.5. The number of likely N-dealkylation sites (N-methyl/N-ethyl adjacent to an activating group) is 1. The van der Waals surface area contributed by atoms with E-state index in [1.807, 2.05) is 0 Å². The molecule has 1 atom stereocenters. The molecule has 1 aliphatic carbocycles. The van der Waals surface area contributed by atoms with E-state index in [2.05, 4.69) is 36.2 Å². The summed E-state index contributed by atoms with van der Waals surface area (Å²) >= 11 is 0. The molecule has 0 saturated heterocycles. The molecule has 0 aromatic heterocycles. The predicted octanol–water partition coefficient (Wildman–Crippen LogP) is 3.49. The fraction of sp³-hybridized carbons (Fsp3) is 0.667. The molecule has 0 bridgehead atoms. The lowest BCUT2D eigenvalue weighted by atomic mass is 9.99. The molecule has 1 aliphatic rings. The van der Waals surface area contributed by atoms with Crippen LogP contribution >= 0.6 is 0 Å². The number of rotatable bonds is 6. The highest BCUT2D eigenvalue weighted by Gasteiger charge is 2.24. The van der Waals surface area contributed by atoms with Crippen molar-refractivity contribution in [3.05, 3.63) is 35.4 Å². The van der Waals surface area contributed by atoms with Gasteiger partial charge in [-0.05, 0) is 31.0 Å². The van der Waals surface area contributed by atoms with Gasteiger partial charge >= 0.3 is 0 Å². The Morgan fingerprint density at radius 2 is 1.76 bits per heavy atom. The summed E-state index contributed by atoms with van der Waals surface area (Å²) in [7, 11) is 3.98. The molecule has 0 amide bonds. The zero-order valence-corrected chi connectivity index (χ0v) is 13.6. The zero-order valence-electron chi connectivity index (χ0n) is 13.6. The van der Waals surface area contributed by atoms with Crippen molar-refractivity contribution in [1.82, 2.24) is 4.90 Å². The van der Waals surface area contributed by atoms with Crippen molar-refractivity contribution in [2.75, 3.05) is 20.7 Å². The normalized spacial score (nSPS) is 18.7. The maximum absolute atomic E-state index is 6.08. The van der Waals surface area contributed by atoms with E-state index in [0.29, 0.717) is 25.2 Å². The number of nitrogens with zero attached hydrogens (tertiary/aromatic N) is 1. The summed E-state index contributed by atoms with van der Waals surface area (Å²) < 4.78 is 5.18. The first-order chi connectivity index (χ1) is 10.3. The molecular weight excluding hydrogens is 260 g/mol. The maximum Gasteiger partial charge on any atom is 0.0713 e. The van der Waals surface area contributed by atoms with Gasteiger partial charge in [0.15, 0.2) is 0 Å². The van der Waals surface area contributed by atoms with Gasteiger partial charge in [-0.25, -0.2) is 0 Å². The quantitative estimate of drug-likeness (QED) is 0.815. The Kier molecular flexibility index (Phi) is 6.68. The first-order valence-electron chi connectivity index (χ1n) is 8.26. The van der Waals surface area contributed by atoms with Crippen LogP contribution in [0.4, 0.5) is 0 Å². The molecule has 0 spiro atoms. The van der Waals surface area contributed by atoms with Crippen LogP contribution < -0.4 is 5.73 Å². The predicted molar refractivity (Wildman–Crippen MR) is 88.2 cm³/mol. The van der Waals surface area contributed by atoms with Gasteiger partial charge in [-0.3, -0.25) is 4.90 Å². The average Bonchev–Trinajstić information content (AvgIpc) is 2.79. The van der Waals surface area contributed by atoms with E-state index in [1.54, 1.807) is 7.11 Å². The number of hydrogen-bond donors (Lipinski definition) is 1. The van der Waals surface area contributed by atoms with Crippen molar-refractivity contribution >= 4 is 0 Å². The molecule has 118 valence electrons. The summed E-state index contributed by atoms with van der Waals surface area (Å²) in [6, 6.07) is 9.73. The van der Waals surface area contributed by atoms with Gasteiger partial charge in [0.2, 0.25) is 0 Å². The highest BCUT2D eigenvalue weighted by Crippen LogP contribution is 2.28.